The summed E-state index contributed by atoms with van der Waals surface area (Å²) >= 11 is 0. The summed E-state index contributed by atoms with van der Waals surface area (Å²) in [5, 5.41) is 0. The van der Waals surface area contributed by atoms with Crippen LogP contribution < -0.4 is 15.2 Å². The lowest BCUT2D eigenvalue weighted by atomic mass is 10.0. The molecule has 1 rings (SSSR count). The lowest BCUT2D eigenvalue weighted by molar-refractivity contribution is -0.155. The van der Waals surface area contributed by atoms with E-state index in [1.54, 1.807) is 32.4 Å². The van der Waals surface area contributed by atoms with Gasteiger partial charge in [0.05, 0.1) is 20.6 Å². The number of carbonyl (C=O) groups excluding carboxylic acids is 1. The van der Waals surface area contributed by atoms with Gasteiger partial charge in [-0.3, -0.25) is 4.79 Å². The van der Waals surface area contributed by atoms with Gasteiger partial charge in [-0.2, -0.15) is 0 Å². The van der Waals surface area contributed by atoms with Crippen molar-refractivity contribution in [1.29, 1.82) is 0 Å². The van der Waals surface area contributed by atoms with Gasteiger partial charge >= 0.3 is 5.97 Å². The molecule has 1 atom stereocenters. The van der Waals surface area contributed by atoms with Crippen LogP contribution >= 0.6 is 0 Å². The van der Waals surface area contributed by atoms with Crippen LogP contribution in [-0.2, 0) is 9.53 Å². The molecule has 2 N–H and O–H groups in total. The van der Waals surface area contributed by atoms with E-state index < -0.39 is 11.6 Å². The molecule has 0 aliphatic rings. The fourth-order valence-corrected chi connectivity index (χ4v) is 1.80. The van der Waals surface area contributed by atoms with Crippen LogP contribution in [0.5, 0.6) is 11.5 Å². The van der Waals surface area contributed by atoms with Crippen LogP contribution in [0.3, 0.4) is 0 Å². The van der Waals surface area contributed by atoms with Crippen LogP contribution in [0.25, 0.3) is 0 Å². The van der Waals surface area contributed by atoms with Gasteiger partial charge in [0, 0.05) is 17.7 Å². The zero-order valence-electron chi connectivity index (χ0n) is 12.7. The predicted molar refractivity (Wildman–Crippen MR) is 76.9 cm³/mol. The van der Waals surface area contributed by atoms with Crippen molar-refractivity contribution >= 4 is 5.97 Å². The molecule has 20 heavy (non-hydrogen) atoms. The number of nitrogens with two attached hydrogens (primary N) is 1. The maximum Gasteiger partial charge on any atom is 0.308 e. The van der Waals surface area contributed by atoms with Gasteiger partial charge in [-0.25, -0.2) is 0 Å². The van der Waals surface area contributed by atoms with E-state index in [2.05, 4.69) is 0 Å². The Labute approximate surface area is 120 Å². The number of benzene rings is 1. The number of esters is 1. The Hall–Kier alpha value is -1.75. The first-order valence-corrected chi connectivity index (χ1v) is 6.46. The third-order valence-corrected chi connectivity index (χ3v) is 2.65. The third-order valence-electron chi connectivity index (χ3n) is 2.65. The number of carbonyl (C=O) groups is 1. The molecule has 0 aromatic heterocycles. The van der Waals surface area contributed by atoms with Crippen LogP contribution in [0.1, 0.15) is 38.8 Å². The van der Waals surface area contributed by atoms with Gasteiger partial charge in [-0.15, -0.1) is 0 Å². The topological polar surface area (TPSA) is 70.8 Å². The van der Waals surface area contributed by atoms with E-state index in [1.807, 2.05) is 20.8 Å². The van der Waals surface area contributed by atoms with E-state index in [-0.39, 0.29) is 12.4 Å². The number of rotatable bonds is 5. The molecule has 0 unspecified atom stereocenters. The summed E-state index contributed by atoms with van der Waals surface area (Å²) in [5.41, 5.74) is 6.30. The first kappa shape index (κ1) is 16.3. The average Bonchev–Trinajstić information content (AvgIpc) is 2.35. The summed E-state index contributed by atoms with van der Waals surface area (Å²) in [7, 11) is 3.13. The molecule has 112 valence electrons. The lowest BCUT2D eigenvalue weighted by Gasteiger charge is -2.21. The highest BCUT2D eigenvalue weighted by Gasteiger charge is 2.21. The van der Waals surface area contributed by atoms with Crippen molar-refractivity contribution in [3.8, 4) is 11.5 Å². The summed E-state index contributed by atoms with van der Waals surface area (Å²) in [6.07, 6.45) is 0.0972. The second kappa shape index (κ2) is 6.61. The van der Waals surface area contributed by atoms with Crippen molar-refractivity contribution in [3.05, 3.63) is 23.8 Å². The van der Waals surface area contributed by atoms with E-state index in [0.29, 0.717) is 11.5 Å². The van der Waals surface area contributed by atoms with Gasteiger partial charge in [0.25, 0.3) is 0 Å². The molecule has 0 bridgehead atoms. The fourth-order valence-electron chi connectivity index (χ4n) is 1.80. The molecular formula is C15H23NO4. The minimum absolute atomic E-state index is 0.0972. The van der Waals surface area contributed by atoms with E-state index in [9.17, 15) is 4.79 Å². The van der Waals surface area contributed by atoms with Gasteiger partial charge in [-0.1, -0.05) is 6.07 Å². The van der Waals surface area contributed by atoms with Crippen molar-refractivity contribution in [3.63, 3.8) is 0 Å². The lowest BCUT2D eigenvalue weighted by Crippen LogP contribution is -2.26. The highest BCUT2D eigenvalue weighted by Crippen LogP contribution is 2.30. The van der Waals surface area contributed by atoms with Crippen molar-refractivity contribution < 1.29 is 19.0 Å². The summed E-state index contributed by atoms with van der Waals surface area (Å²) in [6.45, 7) is 5.47. The second-order valence-corrected chi connectivity index (χ2v) is 5.50. The number of hydrogen-bond donors (Lipinski definition) is 1. The first-order valence-electron chi connectivity index (χ1n) is 6.46. The zero-order valence-corrected chi connectivity index (χ0v) is 12.7. The Morgan fingerprint density at radius 3 is 2.40 bits per heavy atom. The Morgan fingerprint density at radius 2 is 1.90 bits per heavy atom. The molecule has 0 saturated carbocycles. The summed E-state index contributed by atoms with van der Waals surface area (Å²) in [6, 6.07) is 4.84. The van der Waals surface area contributed by atoms with Gasteiger partial charge < -0.3 is 19.9 Å². The van der Waals surface area contributed by atoms with Crippen LogP contribution in [0.2, 0.25) is 0 Å². The molecule has 1 aromatic rings. The monoisotopic (exact) mass is 281 g/mol. The molecule has 0 fully saturated rings. The second-order valence-electron chi connectivity index (χ2n) is 5.50. The van der Waals surface area contributed by atoms with Crippen LogP contribution in [0.15, 0.2) is 18.2 Å². The number of methoxy groups -OCH3 is 2. The third kappa shape index (κ3) is 4.74. The largest absolute Gasteiger partial charge is 0.497 e. The Morgan fingerprint density at radius 1 is 1.25 bits per heavy atom. The van der Waals surface area contributed by atoms with Crippen molar-refractivity contribution in [2.45, 2.75) is 38.8 Å². The zero-order chi connectivity index (χ0) is 15.3. The molecule has 0 spiro atoms. The minimum atomic E-state index is -0.513. The maximum absolute atomic E-state index is 11.8. The molecule has 0 saturated heterocycles. The smallest absolute Gasteiger partial charge is 0.308 e. The minimum Gasteiger partial charge on any atom is -0.497 e. The Kier molecular flexibility index (Phi) is 5.39. The van der Waals surface area contributed by atoms with Crippen LogP contribution in [0.4, 0.5) is 0 Å². The van der Waals surface area contributed by atoms with Crippen LogP contribution in [-0.4, -0.2) is 25.8 Å². The molecule has 0 radical (unpaired) electrons. The standard InChI is InChI=1S/C15H23NO4/c1-15(2,3)20-14(17)9-12(16)11-7-6-10(18-4)8-13(11)19-5/h6-8,12H,9,16H2,1-5H3/t12-/m1/s1. The molecule has 5 heteroatoms. The van der Waals surface area contributed by atoms with Crippen molar-refractivity contribution in [1.82, 2.24) is 0 Å². The highest BCUT2D eigenvalue weighted by molar-refractivity contribution is 5.71. The van der Waals surface area contributed by atoms with Gasteiger partial charge in [0.15, 0.2) is 0 Å². The van der Waals surface area contributed by atoms with E-state index in [4.69, 9.17) is 19.9 Å². The Balaban J connectivity index is 2.81. The van der Waals surface area contributed by atoms with E-state index in [1.165, 1.54) is 0 Å². The number of hydrogen-bond acceptors (Lipinski definition) is 5. The molecule has 0 aliphatic carbocycles. The number of ether oxygens (including phenoxy) is 3. The molecule has 5 nitrogen and oxygen atoms in total. The van der Waals surface area contributed by atoms with Gasteiger partial charge in [0.1, 0.15) is 17.1 Å². The fraction of sp³-hybridized carbons (Fsp3) is 0.533. The predicted octanol–water partition coefficient (Wildman–Crippen LogP) is 2.44. The summed E-state index contributed by atoms with van der Waals surface area (Å²) in [5.74, 6) is 0.943. The van der Waals surface area contributed by atoms with Crippen LogP contribution in [0, 0.1) is 0 Å². The van der Waals surface area contributed by atoms with Crippen molar-refractivity contribution in [2.75, 3.05) is 14.2 Å². The molecule has 1 aromatic carbocycles. The van der Waals surface area contributed by atoms with E-state index in [0.717, 1.165) is 5.56 Å². The normalized spacial score (nSPS) is 12.7. The Bertz CT molecular complexity index is 465. The molecule has 0 amide bonds. The maximum atomic E-state index is 11.8. The van der Waals surface area contributed by atoms with E-state index >= 15 is 0 Å². The molecule has 0 aliphatic heterocycles. The first-order chi connectivity index (χ1) is 9.26. The van der Waals surface area contributed by atoms with Crippen molar-refractivity contribution in [2.24, 2.45) is 5.73 Å². The highest BCUT2D eigenvalue weighted by atomic mass is 16.6. The molecular weight excluding hydrogens is 258 g/mol. The summed E-state index contributed by atoms with van der Waals surface area (Å²) < 4.78 is 15.7. The quantitative estimate of drug-likeness (QED) is 0.839. The van der Waals surface area contributed by atoms with Gasteiger partial charge in [-0.05, 0) is 26.8 Å². The molecule has 0 heterocycles. The van der Waals surface area contributed by atoms with Gasteiger partial charge in [0.2, 0.25) is 0 Å². The SMILES string of the molecule is COc1ccc([C@H](N)CC(=O)OC(C)(C)C)c(OC)c1. The summed E-state index contributed by atoms with van der Waals surface area (Å²) in [4.78, 5) is 11.8. The average molecular weight is 281 g/mol.